The second-order valence-electron chi connectivity index (χ2n) is 14.0. The number of nitrogens with zero attached hydrogens (tertiary/aromatic N) is 6. The Morgan fingerprint density at radius 2 is 1.82 bits per heavy atom. The van der Waals surface area contributed by atoms with Crippen molar-refractivity contribution in [1.82, 2.24) is 24.7 Å². The molecule has 2 atom stereocenters. The number of hydrogen-bond acceptors (Lipinski definition) is 8. The summed E-state index contributed by atoms with van der Waals surface area (Å²) in [6, 6.07) is 8.36. The van der Waals surface area contributed by atoms with Crippen LogP contribution in [-0.4, -0.2) is 70.1 Å². The molecule has 13 heteroatoms. The van der Waals surface area contributed by atoms with Crippen LogP contribution in [-0.2, 0) is 22.5 Å². The second kappa shape index (κ2) is 14.9. The van der Waals surface area contributed by atoms with Gasteiger partial charge in [0.2, 0.25) is 0 Å². The fourth-order valence-electron chi connectivity index (χ4n) is 7.63. The van der Waals surface area contributed by atoms with Crippen molar-refractivity contribution in [2.24, 2.45) is 0 Å². The first-order valence-corrected chi connectivity index (χ1v) is 21.0. The molecular weight excluding hydrogens is 687 g/mol. The van der Waals surface area contributed by atoms with Gasteiger partial charge in [-0.25, -0.2) is 13.8 Å². The van der Waals surface area contributed by atoms with Crippen LogP contribution in [0.2, 0.25) is 16.6 Å². The SMILES string of the molecule is COCOc1cc(-c2nc(N3CC[C@@H]3Cn3cccn3)c3cnc([S+](C)[O-])nc3c2F)c2c(C#C[Si](C(C)C)(C(C)C)C(C)C)c(F)ccc2c1. The van der Waals surface area contributed by atoms with E-state index in [2.05, 4.69) is 73.0 Å². The Bertz CT molecular complexity index is 2090. The zero-order chi connectivity index (χ0) is 36.6. The highest BCUT2D eigenvalue weighted by molar-refractivity contribution is 7.90. The predicted octanol–water partition coefficient (Wildman–Crippen LogP) is 7.89. The van der Waals surface area contributed by atoms with Crippen molar-refractivity contribution < 1.29 is 22.8 Å². The molecule has 268 valence electrons. The number of benzene rings is 2. The third-order valence-corrected chi connectivity index (χ3v) is 17.2. The summed E-state index contributed by atoms with van der Waals surface area (Å²) in [6.45, 7) is 14.4. The molecule has 6 rings (SSSR count). The Labute approximate surface area is 302 Å². The van der Waals surface area contributed by atoms with Crippen molar-refractivity contribution >= 4 is 46.7 Å². The van der Waals surface area contributed by atoms with E-state index in [1.807, 2.05) is 16.9 Å². The monoisotopic (exact) mass is 730 g/mol. The number of halogens is 2. The molecule has 51 heavy (non-hydrogen) atoms. The molecule has 0 spiro atoms. The molecule has 0 radical (unpaired) electrons. The van der Waals surface area contributed by atoms with Gasteiger partial charge in [-0.1, -0.05) is 53.5 Å². The van der Waals surface area contributed by atoms with E-state index in [-0.39, 0.29) is 34.8 Å². The van der Waals surface area contributed by atoms with Gasteiger partial charge < -0.3 is 18.9 Å². The molecule has 0 bridgehead atoms. The van der Waals surface area contributed by atoms with E-state index in [0.717, 1.165) is 6.42 Å². The smallest absolute Gasteiger partial charge is 0.343 e. The number of hydrogen-bond donors (Lipinski definition) is 0. The number of rotatable bonds is 11. The lowest BCUT2D eigenvalue weighted by molar-refractivity contribution is 0.0512. The van der Waals surface area contributed by atoms with Crippen LogP contribution in [0.3, 0.4) is 0 Å². The Balaban J connectivity index is 1.66. The van der Waals surface area contributed by atoms with Crippen LogP contribution in [0, 0.1) is 23.1 Å². The Morgan fingerprint density at radius 1 is 1.08 bits per heavy atom. The highest BCUT2D eigenvalue weighted by atomic mass is 32.2. The lowest BCUT2D eigenvalue weighted by Crippen LogP contribution is -2.50. The van der Waals surface area contributed by atoms with Crippen LogP contribution in [0.25, 0.3) is 32.9 Å². The van der Waals surface area contributed by atoms with E-state index in [9.17, 15) is 4.55 Å². The van der Waals surface area contributed by atoms with E-state index in [1.165, 1.54) is 25.6 Å². The molecule has 1 aliphatic heterocycles. The van der Waals surface area contributed by atoms with Gasteiger partial charge in [0.1, 0.15) is 42.9 Å². The van der Waals surface area contributed by atoms with Crippen LogP contribution >= 0.6 is 0 Å². The summed E-state index contributed by atoms with van der Waals surface area (Å²) < 4.78 is 58.7. The zero-order valence-corrected chi connectivity index (χ0v) is 32.1. The summed E-state index contributed by atoms with van der Waals surface area (Å²) in [5.41, 5.74) is 5.04. The maximum Gasteiger partial charge on any atom is 0.343 e. The summed E-state index contributed by atoms with van der Waals surface area (Å²) in [6.07, 6.45) is 7.43. The van der Waals surface area contributed by atoms with Crippen molar-refractivity contribution in [3.05, 3.63) is 66.1 Å². The number of ether oxygens (including phenoxy) is 2. The standard InChI is InChI=1S/C38H44F2N6O3SSi/c1-23(2)51(24(3)4,25(5)6)17-13-29-32(39)11-10-26-18-28(49-22-48-7)19-30(33(26)29)35-34(40)36-31(20-41-38(44-36)50(8)47)37(43-35)46-16-12-27(46)21-45-15-9-14-42-45/h9-11,14-15,18-20,23-25,27H,12,16,21-22H2,1-8H3/t27-,50?/m1/s1. The van der Waals surface area contributed by atoms with Crippen molar-refractivity contribution in [2.75, 3.05) is 31.6 Å². The van der Waals surface area contributed by atoms with Gasteiger partial charge in [0.05, 0.1) is 23.5 Å². The van der Waals surface area contributed by atoms with Crippen molar-refractivity contribution in [1.29, 1.82) is 0 Å². The van der Waals surface area contributed by atoms with E-state index in [4.69, 9.17) is 14.5 Å². The summed E-state index contributed by atoms with van der Waals surface area (Å²) in [4.78, 5) is 15.9. The maximum atomic E-state index is 17.1. The number of anilines is 1. The molecule has 0 saturated carbocycles. The summed E-state index contributed by atoms with van der Waals surface area (Å²) in [7, 11) is -0.773. The van der Waals surface area contributed by atoms with E-state index >= 15 is 8.78 Å². The molecule has 1 fully saturated rings. The number of aromatic nitrogens is 5. The molecule has 0 N–H and O–H groups in total. The van der Waals surface area contributed by atoms with E-state index < -0.39 is 30.9 Å². The van der Waals surface area contributed by atoms with E-state index in [0.29, 0.717) is 63.0 Å². The van der Waals surface area contributed by atoms with Gasteiger partial charge in [-0.05, 0) is 52.7 Å². The molecule has 0 aliphatic carbocycles. The average Bonchev–Trinajstić information content (AvgIpc) is 3.60. The topological polar surface area (TPSA) is 101 Å². The van der Waals surface area contributed by atoms with E-state index in [1.54, 1.807) is 24.4 Å². The third-order valence-electron chi connectivity index (χ3n) is 10.2. The summed E-state index contributed by atoms with van der Waals surface area (Å²) in [5.74, 6) is 2.94. The fraction of sp³-hybridized carbons (Fsp3) is 0.421. The van der Waals surface area contributed by atoms with Gasteiger partial charge in [0.25, 0.3) is 0 Å². The molecule has 2 aromatic carbocycles. The molecule has 3 aromatic heterocycles. The Morgan fingerprint density at radius 3 is 2.43 bits per heavy atom. The van der Waals surface area contributed by atoms with Crippen LogP contribution < -0.4 is 9.64 Å². The number of methoxy groups -OCH3 is 1. The number of pyridine rings is 1. The van der Waals surface area contributed by atoms with Gasteiger partial charge in [0.15, 0.2) is 12.6 Å². The average molecular weight is 731 g/mol. The van der Waals surface area contributed by atoms with Crippen LogP contribution in [0.5, 0.6) is 5.75 Å². The normalized spacial score (nSPS) is 15.5. The molecule has 0 amide bonds. The molecular formula is C38H44F2N6O3SSi. The Hall–Kier alpha value is -4.09. The van der Waals surface area contributed by atoms with Gasteiger partial charge >= 0.3 is 5.16 Å². The summed E-state index contributed by atoms with van der Waals surface area (Å²) >= 11 is -1.57. The van der Waals surface area contributed by atoms with Crippen LogP contribution in [0.4, 0.5) is 14.6 Å². The minimum atomic E-state index is -2.28. The van der Waals surface area contributed by atoms with Gasteiger partial charge in [-0.15, -0.1) is 5.54 Å². The maximum absolute atomic E-state index is 17.1. The zero-order valence-electron chi connectivity index (χ0n) is 30.3. The highest BCUT2D eigenvalue weighted by Gasteiger charge is 2.42. The molecule has 9 nitrogen and oxygen atoms in total. The largest absolute Gasteiger partial charge is 0.609 e. The molecule has 1 saturated heterocycles. The Kier molecular flexibility index (Phi) is 10.7. The quantitative estimate of drug-likeness (QED) is 0.0445. The third kappa shape index (κ3) is 6.82. The minimum Gasteiger partial charge on any atom is -0.609 e. The first kappa shape index (κ1) is 36.7. The predicted molar refractivity (Wildman–Crippen MR) is 201 cm³/mol. The molecule has 4 heterocycles. The fourth-order valence-corrected chi connectivity index (χ4v) is 13.3. The first-order chi connectivity index (χ1) is 24.4. The van der Waals surface area contributed by atoms with Crippen molar-refractivity contribution in [3.8, 4) is 28.5 Å². The second-order valence-corrected chi connectivity index (χ2v) is 20.9. The molecule has 1 unspecified atom stereocenters. The van der Waals surface area contributed by atoms with Gasteiger partial charge in [0, 0.05) is 54.4 Å². The number of fused-ring (bicyclic) bond motifs is 2. The highest BCUT2D eigenvalue weighted by Crippen LogP contribution is 2.43. The molecule has 5 aromatic rings. The lowest BCUT2D eigenvalue weighted by Gasteiger charge is -2.42. The van der Waals surface area contributed by atoms with Gasteiger partial charge in [-0.3, -0.25) is 4.68 Å². The van der Waals surface area contributed by atoms with Crippen LogP contribution in [0.15, 0.2) is 54.1 Å². The van der Waals surface area contributed by atoms with Gasteiger partial charge in [-0.2, -0.15) is 15.1 Å². The minimum absolute atomic E-state index is 0.00167. The van der Waals surface area contributed by atoms with Crippen molar-refractivity contribution in [2.45, 2.75) is 82.3 Å². The lowest BCUT2D eigenvalue weighted by atomic mass is 9.95. The van der Waals surface area contributed by atoms with Crippen molar-refractivity contribution in [3.63, 3.8) is 0 Å². The molecule has 1 aliphatic rings. The summed E-state index contributed by atoms with van der Waals surface area (Å²) in [5, 5.41) is 5.79. The first-order valence-electron chi connectivity index (χ1n) is 17.2. The van der Waals surface area contributed by atoms with Crippen LogP contribution in [0.1, 0.15) is 53.5 Å².